The minimum atomic E-state index is -0.725. The maximum Gasteiger partial charge on any atom is 0.261 e. The summed E-state index contributed by atoms with van der Waals surface area (Å²) in [5.41, 5.74) is 1.75. The summed E-state index contributed by atoms with van der Waals surface area (Å²) in [5.74, 6) is 0.356. The summed E-state index contributed by atoms with van der Waals surface area (Å²) in [6.45, 7) is 8.38. The first-order chi connectivity index (χ1) is 15.6. The Balaban J connectivity index is 2.21. The van der Waals surface area contributed by atoms with Crippen molar-refractivity contribution in [2.45, 2.75) is 59.0 Å². The highest BCUT2D eigenvalue weighted by atomic mass is 79.9. The monoisotopic (exact) mass is 556 g/mol. The average molecular weight is 558 g/mol. The molecule has 180 valence electrons. The minimum Gasteiger partial charge on any atom is -0.483 e. The number of hydrogen-bond acceptors (Lipinski definition) is 3. The molecule has 0 spiro atoms. The lowest BCUT2D eigenvalue weighted by Gasteiger charge is -2.29. The summed E-state index contributed by atoms with van der Waals surface area (Å²) in [6.07, 6.45) is 1.83. The molecular formula is C25H31BrCl2N2O3. The van der Waals surface area contributed by atoms with Crippen molar-refractivity contribution in [1.29, 1.82) is 0 Å². The summed E-state index contributed by atoms with van der Waals surface area (Å²) < 4.78 is 6.58. The third-order valence-corrected chi connectivity index (χ3v) is 6.69. The number of nitrogens with one attached hydrogen (secondary N) is 1. The molecular weight excluding hydrogens is 527 g/mol. The Hall–Kier alpha value is -1.76. The molecule has 2 amide bonds. The zero-order valence-electron chi connectivity index (χ0n) is 19.5. The smallest absolute Gasteiger partial charge is 0.261 e. The second-order valence-corrected chi connectivity index (χ2v) is 9.84. The molecule has 0 heterocycles. The van der Waals surface area contributed by atoms with Gasteiger partial charge in [-0.25, -0.2) is 0 Å². The van der Waals surface area contributed by atoms with Gasteiger partial charge in [0.05, 0.1) is 4.47 Å². The van der Waals surface area contributed by atoms with E-state index in [9.17, 15) is 9.59 Å². The Morgan fingerprint density at radius 3 is 2.36 bits per heavy atom. The Labute approximate surface area is 214 Å². The van der Waals surface area contributed by atoms with Gasteiger partial charge in [-0.15, -0.1) is 0 Å². The van der Waals surface area contributed by atoms with Crippen LogP contribution in [0.1, 0.15) is 57.6 Å². The van der Waals surface area contributed by atoms with E-state index in [1.165, 1.54) is 4.90 Å². The number of unbranched alkanes of at least 4 members (excludes halogenated alkanes) is 1. The van der Waals surface area contributed by atoms with Crippen LogP contribution in [0.25, 0.3) is 0 Å². The number of benzene rings is 2. The fraction of sp³-hybridized carbons (Fsp3) is 0.440. The van der Waals surface area contributed by atoms with Gasteiger partial charge >= 0.3 is 0 Å². The lowest BCUT2D eigenvalue weighted by atomic mass is 10.0. The first kappa shape index (κ1) is 27.5. The predicted molar refractivity (Wildman–Crippen MR) is 138 cm³/mol. The van der Waals surface area contributed by atoms with Crippen molar-refractivity contribution < 1.29 is 14.3 Å². The molecule has 1 N–H and O–H groups in total. The highest BCUT2D eigenvalue weighted by Gasteiger charge is 2.28. The largest absolute Gasteiger partial charge is 0.483 e. The molecule has 0 aliphatic carbocycles. The van der Waals surface area contributed by atoms with Crippen molar-refractivity contribution in [1.82, 2.24) is 10.2 Å². The molecule has 0 saturated carbocycles. The van der Waals surface area contributed by atoms with Gasteiger partial charge in [0.15, 0.2) is 6.61 Å². The molecule has 0 aromatic heterocycles. The molecule has 0 radical (unpaired) electrons. The third kappa shape index (κ3) is 7.90. The number of ether oxygens (including phenoxy) is 1. The molecule has 8 heteroatoms. The van der Waals surface area contributed by atoms with Gasteiger partial charge in [-0.3, -0.25) is 9.59 Å². The van der Waals surface area contributed by atoms with Gasteiger partial charge in [0, 0.05) is 28.7 Å². The molecule has 0 aliphatic rings. The maximum atomic E-state index is 13.2. The summed E-state index contributed by atoms with van der Waals surface area (Å²) >= 11 is 16.2. The van der Waals surface area contributed by atoms with E-state index in [1.807, 2.05) is 25.1 Å². The molecule has 33 heavy (non-hydrogen) atoms. The molecule has 5 nitrogen and oxygen atoms in total. The normalized spacial score (nSPS) is 11.9. The lowest BCUT2D eigenvalue weighted by Crippen LogP contribution is -2.49. The van der Waals surface area contributed by atoms with Crippen LogP contribution in [-0.2, 0) is 16.1 Å². The van der Waals surface area contributed by atoms with E-state index >= 15 is 0 Å². The molecule has 2 rings (SSSR count). The van der Waals surface area contributed by atoms with Gasteiger partial charge in [-0.05, 0) is 65.0 Å². The van der Waals surface area contributed by atoms with Crippen molar-refractivity contribution in [3.05, 3.63) is 62.0 Å². The number of halogens is 3. The van der Waals surface area contributed by atoms with Crippen LogP contribution in [0.15, 0.2) is 40.9 Å². The van der Waals surface area contributed by atoms with Crippen LogP contribution in [0.3, 0.4) is 0 Å². The molecule has 0 bridgehead atoms. The predicted octanol–water partition coefficient (Wildman–Crippen LogP) is 6.59. The third-order valence-electron chi connectivity index (χ3n) is 5.36. The Bertz CT molecular complexity index is 948. The molecule has 0 fully saturated rings. The SMILES string of the molecule is CCCCNC(=O)C(C)N(Cc1c(Cl)cccc1Cl)C(=O)COc1ccc(C(C)C)cc1Br. The average Bonchev–Trinajstić information content (AvgIpc) is 2.77. The summed E-state index contributed by atoms with van der Waals surface area (Å²) in [6, 6.07) is 10.2. The van der Waals surface area contributed by atoms with Crippen LogP contribution >= 0.6 is 39.1 Å². The van der Waals surface area contributed by atoms with Crippen molar-refractivity contribution >= 4 is 50.9 Å². The highest BCUT2D eigenvalue weighted by molar-refractivity contribution is 9.10. The quantitative estimate of drug-likeness (QED) is 0.317. The first-order valence-corrected chi connectivity index (χ1v) is 12.6. The van der Waals surface area contributed by atoms with Gasteiger partial charge in [0.1, 0.15) is 11.8 Å². The number of carbonyl (C=O) groups excluding carboxylic acids is 2. The number of carbonyl (C=O) groups is 2. The first-order valence-electron chi connectivity index (χ1n) is 11.1. The van der Waals surface area contributed by atoms with Crippen LogP contribution in [0, 0.1) is 0 Å². The van der Waals surface area contributed by atoms with Crippen LogP contribution in [0.2, 0.25) is 10.0 Å². The maximum absolute atomic E-state index is 13.2. The number of amides is 2. The fourth-order valence-corrected chi connectivity index (χ4v) is 4.22. The Kier molecular flexibility index (Phi) is 11.0. The molecule has 2 aromatic carbocycles. The molecule has 0 aliphatic heterocycles. The van der Waals surface area contributed by atoms with Crippen molar-refractivity contribution in [3.8, 4) is 5.75 Å². The second-order valence-electron chi connectivity index (χ2n) is 8.18. The second kappa shape index (κ2) is 13.2. The molecule has 1 unspecified atom stereocenters. The van der Waals surface area contributed by atoms with Gasteiger partial charge in [-0.2, -0.15) is 0 Å². The van der Waals surface area contributed by atoms with E-state index in [0.29, 0.717) is 33.8 Å². The van der Waals surface area contributed by atoms with E-state index < -0.39 is 6.04 Å². The zero-order chi connectivity index (χ0) is 24.5. The van der Waals surface area contributed by atoms with E-state index in [0.717, 1.165) is 22.9 Å². The van der Waals surface area contributed by atoms with Crippen LogP contribution < -0.4 is 10.1 Å². The Morgan fingerprint density at radius 1 is 1.12 bits per heavy atom. The highest BCUT2D eigenvalue weighted by Crippen LogP contribution is 2.30. The van der Waals surface area contributed by atoms with E-state index in [2.05, 4.69) is 35.1 Å². The number of nitrogens with zero attached hydrogens (tertiary/aromatic N) is 1. The van der Waals surface area contributed by atoms with E-state index in [1.54, 1.807) is 25.1 Å². The van der Waals surface area contributed by atoms with E-state index in [4.69, 9.17) is 27.9 Å². The summed E-state index contributed by atoms with van der Waals surface area (Å²) in [4.78, 5) is 27.4. The van der Waals surface area contributed by atoms with Crippen LogP contribution in [-0.4, -0.2) is 35.9 Å². The summed E-state index contributed by atoms with van der Waals surface area (Å²) in [7, 11) is 0. The minimum absolute atomic E-state index is 0.0938. The standard InChI is InChI=1S/C25H31BrCl2N2O3/c1-5-6-12-29-25(32)17(4)30(14-19-21(27)8-7-9-22(19)28)24(31)15-33-23-11-10-18(16(2)3)13-20(23)26/h7-11,13,16-17H,5-6,12,14-15H2,1-4H3,(H,29,32). The van der Waals surface area contributed by atoms with Crippen LogP contribution in [0.4, 0.5) is 0 Å². The van der Waals surface area contributed by atoms with Gasteiger partial charge in [-0.1, -0.05) is 62.5 Å². The number of rotatable bonds is 11. The van der Waals surface area contributed by atoms with Gasteiger partial charge in [0.2, 0.25) is 5.91 Å². The van der Waals surface area contributed by atoms with Crippen molar-refractivity contribution in [2.75, 3.05) is 13.2 Å². The summed E-state index contributed by atoms with van der Waals surface area (Å²) in [5, 5.41) is 3.76. The fourth-order valence-electron chi connectivity index (χ4n) is 3.19. The zero-order valence-corrected chi connectivity index (χ0v) is 22.6. The van der Waals surface area contributed by atoms with Gasteiger partial charge in [0.25, 0.3) is 5.91 Å². The molecule has 1 atom stereocenters. The lowest BCUT2D eigenvalue weighted by molar-refractivity contribution is -0.142. The molecule has 2 aromatic rings. The van der Waals surface area contributed by atoms with E-state index in [-0.39, 0.29) is 25.0 Å². The van der Waals surface area contributed by atoms with Crippen molar-refractivity contribution in [2.24, 2.45) is 0 Å². The van der Waals surface area contributed by atoms with Gasteiger partial charge < -0.3 is 15.0 Å². The molecule has 0 saturated heterocycles. The Morgan fingerprint density at radius 2 is 1.79 bits per heavy atom. The number of hydrogen-bond donors (Lipinski definition) is 1. The topological polar surface area (TPSA) is 58.6 Å². The van der Waals surface area contributed by atoms with Crippen LogP contribution in [0.5, 0.6) is 5.75 Å². The van der Waals surface area contributed by atoms with Crippen molar-refractivity contribution in [3.63, 3.8) is 0 Å².